The van der Waals surface area contributed by atoms with Crippen LogP contribution in [-0.2, 0) is 6.54 Å². The fraction of sp³-hybridized carbons (Fsp3) is 0.111. The van der Waals surface area contributed by atoms with Gasteiger partial charge in [0.1, 0.15) is 11.4 Å². The lowest BCUT2D eigenvalue weighted by Gasteiger charge is -2.05. The van der Waals surface area contributed by atoms with E-state index in [9.17, 15) is 9.90 Å². The van der Waals surface area contributed by atoms with Crippen LogP contribution in [0.2, 0.25) is 0 Å². The van der Waals surface area contributed by atoms with Crippen molar-refractivity contribution in [3.05, 3.63) is 71.9 Å². The van der Waals surface area contributed by atoms with Crippen LogP contribution in [0, 0.1) is 0 Å². The van der Waals surface area contributed by atoms with E-state index in [0.29, 0.717) is 23.6 Å². The summed E-state index contributed by atoms with van der Waals surface area (Å²) >= 11 is 0. The second-order valence-corrected chi connectivity index (χ2v) is 5.09. The largest absolute Gasteiger partial charge is 0.545 e. The van der Waals surface area contributed by atoms with Gasteiger partial charge in [0.05, 0.1) is 19.6 Å². The molecule has 3 aromatic rings. The minimum Gasteiger partial charge on any atom is -0.545 e. The molecule has 0 bridgehead atoms. The van der Waals surface area contributed by atoms with Crippen molar-refractivity contribution in [2.45, 2.75) is 6.54 Å². The third-order valence-corrected chi connectivity index (χ3v) is 3.51. The van der Waals surface area contributed by atoms with Crippen molar-refractivity contribution in [1.82, 2.24) is 9.78 Å². The molecule has 0 radical (unpaired) electrons. The van der Waals surface area contributed by atoms with E-state index in [1.807, 2.05) is 30.3 Å². The molecule has 0 spiro atoms. The van der Waals surface area contributed by atoms with Gasteiger partial charge < -0.3 is 14.6 Å². The van der Waals surface area contributed by atoms with E-state index in [0.717, 1.165) is 5.56 Å². The first-order chi connectivity index (χ1) is 11.2. The normalized spacial score (nSPS) is 10.5. The Labute approximate surface area is 133 Å². The molecule has 0 aliphatic carbocycles. The predicted octanol–water partition coefficient (Wildman–Crippen LogP) is 1.97. The lowest BCUT2D eigenvalue weighted by molar-refractivity contribution is -0.254. The van der Waals surface area contributed by atoms with Crippen molar-refractivity contribution in [3.8, 4) is 17.0 Å². The smallest absolute Gasteiger partial charge is 0.119 e. The minimum atomic E-state index is -1.25. The van der Waals surface area contributed by atoms with E-state index in [2.05, 4.69) is 5.10 Å². The first-order valence-electron chi connectivity index (χ1n) is 7.14. The SMILES string of the molecule is COc1cccc(-c2nn(Cc3ccccc3)cc2C(=O)[O-])c1. The van der Waals surface area contributed by atoms with Crippen LogP contribution in [0.15, 0.2) is 60.8 Å². The van der Waals surface area contributed by atoms with Crippen LogP contribution in [0.25, 0.3) is 11.3 Å². The average molecular weight is 307 g/mol. The summed E-state index contributed by atoms with van der Waals surface area (Å²) in [7, 11) is 1.56. The number of rotatable bonds is 5. The zero-order valence-corrected chi connectivity index (χ0v) is 12.6. The summed E-state index contributed by atoms with van der Waals surface area (Å²) in [5.41, 5.74) is 2.15. The van der Waals surface area contributed by atoms with Crippen molar-refractivity contribution in [2.75, 3.05) is 7.11 Å². The van der Waals surface area contributed by atoms with Crippen LogP contribution in [0.4, 0.5) is 0 Å². The molecule has 0 atom stereocenters. The molecule has 1 heterocycles. The zero-order valence-electron chi connectivity index (χ0n) is 12.6. The van der Waals surface area contributed by atoms with Crippen LogP contribution >= 0.6 is 0 Å². The number of ether oxygens (including phenoxy) is 1. The Morgan fingerprint density at radius 1 is 1.17 bits per heavy atom. The summed E-state index contributed by atoms with van der Waals surface area (Å²) in [6.07, 6.45) is 1.50. The number of nitrogens with zero attached hydrogens (tertiary/aromatic N) is 2. The minimum absolute atomic E-state index is 0.0641. The number of carboxylic acids is 1. The Kier molecular flexibility index (Phi) is 4.10. The Morgan fingerprint density at radius 3 is 2.65 bits per heavy atom. The van der Waals surface area contributed by atoms with Crippen molar-refractivity contribution in [3.63, 3.8) is 0 Å². The van der Waals surface area contributed by atoms with Gasteiger partial charge >= 0.3 is 0 Å². The molecule has 0 saturated heterocycles. The number of carbonyl (C=O) groups excluding carboxylic acids is 1. The average Bonchev–Trinajstić information content (AvgIpc) is 3.00. The van der Waals surface area contributed by atoms with E-state index in [-0.39, 0.29) is 5.56 Å². The molecule has 0 aliphatic heterocycles. The quantitative estimate of drug-likeness (QED) is 0.723. The maximum Gasteiger partial charge on any atom is 0.119 e. The number of benzene rings is 2. The summed E-state index contributed by atoms with van der Waals surface area (Å²) in [6.45, 7) is 0.491. The van der Waals surface area contributed by atoms with Crippen LogP contribution in [0.3, 0.4) is 0 Å². The van der Waals surface area contributed by atoms with Gasteiger partial charge in [0.25, 0.3) is 0 Å². The number of aromatic nitrogens is 2. The van der Waals surface area contributed by atoms with Gasteiger partial charge in [0, 0.05) is 17.3 Å². The highest BCUT2D eigenvalue weighted by Crippen LogP contribution is 2.25. The van der Waals surface area contributed by atoms with E-state index in [1.54, 1.807) is 36.1 Å². The topological polar surface area (TPSA) is 67.2 Å². The second kappa shape index (κ2) is 6.36. The predicted molar refractivity (Wildman–Crippen MR) is 84.1 cm³/mol. The highest BCUT2D eigenvalue weighted by Gasteiger charge is 2.13. The molecule has 5 nitrogen and oxygen atoms in total. The Morgan fingerprint density at radius 2 is 1.96 bits per heavy atom. The van der Waals surface area contributed by atoms with E-state index < -0.39 is 5.97 Å². The number of methoxy groups -OCH3 is 1. The standard InChI is InChI=1S/C18H16N2O3/c1-23-15-9-5-8-14(10-15)17-16(18(21)22)12-20(19-17)11-13-6-3-2-4-7-13/h2-10,12H,11H2,1H3,(H,21,22)/p-1. The van der Waals surface area contributed by atoms with Crippen LogP contribution in [0.1, 0.15) is 15.9 Å². The first-order valence-corrected chi connectivity index (χ1v) is 7.14. The van der Waals surface area contributed by atoms with E-state index in [4.69, 9.17) is 4.74 Å². The van der Waals surface area contributed by atoms with Gasteiger partial charge in [-0.05, 0) is 17.7 Å². The van der Waals surface area contributed by atoms with Crippen LogP contribution in [0.5, 0.6) is 5.75 Å². The molecular formula is C18H15N2O3-. The molecule has 1 aromatic heterocycles. The fourth-order valence-corrected chi connectivity index (χ4v) is 2.41. The monoisotopic (exact) mass is 307 g/mol. The molecule has 0 fully saturated rings. The summed E-state index contributed by atoms with van der Waals surface area (Å²) in [4.78, 5) is 11.4. The number of hydrogen-bond donors (Lipinski definition) is 0. The zero-order chi connectivity index (χ0) is 16.2. The third-order valence-electron chi connectivity index (χ3n) is 3.51. The molecule has 0 unspecified atom stereocenters. The summed E-state index contributed by atoms with van der Waals surface area (Å²) < 4.78 is 6.79. The maximum absolute atomic E-state index is 11.4. The lowest BCUT2D eigenvalue weighted by Crippen LogP contribution is -2.22. The van der Waals surface area contributed by atoms with Crippen molar-refractivity contribution in [2.24, 2.45) is 0 Å². The molecule has 0 aliphatic rings. The number of carboxylic acid groups (broad SMARTS) is 1. The number of hydrogen-bond acceptors (Lipinski definition) is 4. The highest BCUT2D eigenvalue weighted by molar-refractivity contribution is 5.93. The van der Waals surface area contributed by atoms with Crippen molar-refractivity contribution < 1.29 is 14.6 Å². The number of aromatic carboxylic acids is 1. The Bertz CT molecular complexity index is 825. The molecule has 3 rings (SSSR count). The third kappa shape index (κ3) is 3.23. The number of carbonyl (C=O) groups is 1. The molecule has 0 saturated carbocycles. The van der Waals surface area contributed by atoms with Gasteiger partial charge in [-0.3, -0.25) is 4.68 Å². The van der Waals surface area contributed by atoms with E-state index in [1.165, 1.54) is 6.20 Å². The highest BCUT2D eigenvalue weighted by atomic mass is 16.5. The van der Waals surface area contributed by atoms with E-state index >= 15 is 0 Å². The molecule has 116 valence electrons. The van der Waals surface area contributed by atoms with Crippen LogP contribution < -0.4 is 9.84 Å². The molecule has 0 N–H and O–H groups in total. The van der Waals surface area contributed by atoms with Gasteiger partial charge in [0.15, 0.2) is 0 Å². The second-order valence-electron chi connectivity index (χ2n) is 5.09. The van der Waals surface area contributed by atoms with Gasteiger partial charge in [-0.1, -0.05) is 42.5 Å². The van der Waals surface area contributed by atoms with Crippen molar-refractivity contribution in [1.29, 1.82) is 0 Å². The summed E-state index contributed by atoms with van der Waals surface area (Å²) in [6, 6.07) is 16.9. The van der Waals surface area contributed by atoms with Gasteiger partial charge in [-0.15, -0.1) is 0 Å². The maximum atomic E-state index is 11.4. The Balaban J connectivity index is 2.00. The molecule has 0 amide bonds. The van der Waals surface area contributed by atoms with Gasteiger partial charge in [-0.2, -0.15) is 5.10 Å². The van der Waals surface area contributed by atoms with Gasteiger partial charge in [-0.25, -0.2) is 0 Å². The molecule has 23 heavy (non-hydrogen) atoms. The fourth-order valence-electron chi connectivity index (χ4n) is 2.41. The Hall–Kier alpha value is -3.08. The van der Waals surface area contributed by atoms with Crippen LogP contribution in [-0.4, -0.2) is 22.9 Å². The molecule has 5 heteroatoms. The summed E-state index contributed by atoms with van der Waals surface area (Å²) in [5, 5.41) is 15.8. The molecule has 2 aromatic carbocycles. The van der Waals surface area contributed by atoms with Gasteiger partial charge in [0.2, 0.25) is 0 Å². The first kappa shape index (κ1) is 14.8. The molecular weight excluding hydrogens is 292 g/mol. The lowest BCUT2D eigenvalue weighted by atomic mass is 10.1. The summed E-state index contributed by atoms with van der Waals surface area (Å²) in [5.74, 6) is -0.605. The van der Waals surface area contributed by atoms with Crippen molar-refractivity contribution >= 4 is 5.97 Å².